The van der Waals surface area contributed by atoms with E-state index in [0.717, 1.165) is 63.0 Å². The van der Waals surface area contributed by atoms with Gasteiger partial charge in [-0.2, -0.15) is 15.0 Å². The number of anilines is 5. The monoisotopic (exact) mass is 549 g/mol. The molecule has 2 aliphatic rings. The topological polar surface area (TPSA) is 107 Å². The van der Waals surface area contributed by atoms with Gasteiger partial charge in [0, 0.05) is 43.6 Å². The highest BCUT2D eigenvalue weighted by Crippen LogP contribution is 2.28. The Morgan fingerprint density at radius 3 is 1.80 bits per heavy atom. The molecule has 9 heteroatoms. The van der Waals surface area contributed by atoms with E-state index in [4.69, 9.17) is 15.0 Å². The number of carbonyl (C=O) groups is 1. The van der Waals surface area contributed by atoms with E-state index >= 15 is 0 Å². The Balaban J connectivity index is 1.17. The molecule has 0 aliphatic carbocycles. The number of rotatable bonds is 7. The molecular formula is C32H35N7O2. The predicted octanol–water partition coefficient (Wildman–Crippen LogP) is 6.22. The van der Waals surface area contributed by atoms with Crippen molar-refractivity contribution in [2.75, 3.05) is 46.6 Å². The van der Waals surface area contributed by atoms with Gasteiger partial charge in [-0.1, -0.05) is 42.5 Å². The van der Waals surface area contributed by atoms with Crippen molar-refractivity contribution in [1.29, 1.82) is 0 Å². The van der Waals surface area contributed by atoms with Crippen molar-refractivity contribution in [2.24, 2.45) is 0 Å². The number of phenolic OH excluding ortho intramolecular Hbond substituents is 1. The van der Waals surface area contributed by atoms with E-state index in [1.165, 1.54) is 18.9 Å². The van der Waals surface area contributed by atoms with Gasteiger partial charge in [-0.3, -0.25) is 4.79 Å². The van der Waals surface area contributed by atoms with Gasteiger partial charge in [0.15, 0.2) is 0 Å². The Labute approximate surface area is 240 Å². The lowest BCUT2D eigenvalue weighted by molar-refractivity contribution is 0.102. The first-order chi connectivity index (χ1) is 20.1. The molecular weight excluding hydrogens is 514 g/mol. The molecule has 6 rings (SSSR count). The summed E-state index contributed by atoms with van der Waals surface area (Å²) in [6.07, 6.45) is 6.96. The molecule has 2 saturated heterocycles. The van der Waals surface area contributed by atoms with Crippen LogP contribution in [-0.2, 0) is 0 Å². The standard InChI is InChI=1S/C32H35N7O2/c40-28-22-26(16-17-27(28)29(41)33-25-14-12-24(13-15-25)23-10-4-1-5-11-23)34-30-35-31(38-18-6-2-7-19-38)37-32(36-30)39-20-8-3-9-21-39/h1,4-5,10-17,22,40H,2-3,6-9,18-21H2,(H,33,41)(H,34,35,36,37). The van der Waals surface area contributed by atoms with Crippen LogP contribution in [0.5, 0.6) is 5.75 Å². The van der Waals surface area contributed by atoms with Gasteiger partial charge < -0.3 is 25.5 Å². The molecule has 210 valence electrons. The van der Waals surface area contributed by atoms with Gasteiger partial charge in [0.05, 0.1) is 5.56 Å². The number of amides is 1. The molecule has 0 saturated carbocycles. The number of aromatic nitrogens is 3. The highest BCUT2D eigenvalue weighted by Gasteiger charge is 2.21. The third-order valence-corrected chi connectivity index (χ3v) is 7.64. The predicted molar refractivity (Wildman–Crippen MR) is 163 cm³/mol. The van der Waals surface area contributed by atoms with Gasteiger partial charge >= 0.3 is 0 Å². The first-order valence-electron chi connectivity index (χ1n) is 14.5. The summed E-state index contributed by atoms with van der Waals surface area (Å²) < 4.78 is 0. The third kappa shape index (κ3) is 6.40. The third-order valence-electron chi connectivity index (χ3n) is 7.64. The van der Waals surface area contributed by atoms with Crippen molar-refractivity contribution < 1.29 is 9.90 Å². The quantitative estimate of drug-likeness (QED) is 0.249. The average molecular weight is 550 g/mol. The summed E-state index contributed by atoms with van der Waals surface area (Å²) in [5, 5.41) is 16.9. The zero-order valence-electron chi connectivity index (χ0n) is 23.1. The van der Waals surface area contributed by atoms with Crippen molar-refractivity contribution in [2.45, 2.75) is 38.5 Å². The summed E-state index contributed by atoms with van der Waals surface area (Å²) >= 11 is 0. The lowest BCUT2D eigenvalue weighted by Gasteiger charge is -2.30. The molecule has 2 fully saturated rings. The van der Waals surface area contributed by atoms with Gasteiger partial charge in [-0.15, -0.1) is 0 Å². The second kappa shape index (κ2) is 12.2. The van der Waals surface area contributed by atoms with E-state index in [1.54, 1.807) is 12.1 Å². The van der Waals surface area contributed by atoms with E-state index in [0.29, 0.717) is 29.2 Å². The molecule has 1 aromatic heterocycles. The maximum atomic E-state index is 13.0. The lowest BCUT2D eigenvalue weighted by Crippen LogP contribution is -2.34. The smallest absolute Gasteiger partial charge is 0.259 e. The number of piperidine rings is 2. The fraction of sp³-hybridized carbons (Fsp3) is 0.312. The maximum absolute atomic E-state index is 13.0. The van der Waals surface area contributed by atoms with Crippen molar-refractivity contribution in [3.63, 3.8) is 0 Å². The van der Waals surface area contributed by atoms with Crippen LogP contribution in [0.4, 0.5) is 29.2 Å². The second-order valence-corrected chi connectivity index (χ2v) is 10.6. The van der Waals surface area contributed by atoms with Crippen LogP contribution >= 0.6 is 0 Å². The Bertz CT molecular complexity index is 1450. The van der Waals surface area contributed by atoms with Gasteiger partial charge in [-0.05, 0) is 73.9 Å². The molecule has 0 spiro atoms. The first kappa shape index (κ1) is 26.6. The lowest BCUT2D eigenvalue weighted by atomic mass is 10.1. The maximum Gasteiger partial charge on any atom is 0.259 e. The summed E-state index contributed by atoms with van der Waals surface area (Å²) in [4.78, 5) is 31.7. The van der Waals surface area contributed by atoms with Crippen LogP contribution in [0.1, 0.15) is 48.9 Å². The minimum atomic E-state index is -0.388. The molecule has 41 heavy (non-hydrogen) atoms. The molecule has 0 bridgehead atoms. The number of hydrogen-bond acceptors (Lipinski definition) is 8. The summed E-state index contributed by atoms with van der Waals surface area (Å²) in [6.45, 7) is 3.73. The number of nitrogens with zero attached hydrogens (tertiary/aromatic N) is 5. The summed E-state index contributed by atoms with van der Waals surface area (Å²) in [6, 6.07) is 22.6. The number of carbonyl (C=O) groups excluding carboxylic acids is 1. The minimum Gasteiger partial charge on any atom is -0.507 e. The number of hydrogen-bond donors (Lipinski definition) is 3. The zero-order chi connectivity index (χ0) is 28.0. The van der Waals surface area contributed by atoms with Crippen LogP contribution in [-0.4, -0.2) is 52.1 Å². The zero-order valence-corrected chi connectivity index (χ0v) is 23.1. The molecule has 0 atom stereocenters. The molecule has 0 radical (unpaired) electrons. The number of benzene rings is 3. The number of aromatic hydroxyl groups is 1. The Morgan fingerprint density at radius 1 is 0.659 bits per heavy atom. The molecule has 2 aliphatic heterocycles. The van der Waals surface area contributed by atoms with Crippen molar-refractivity contribution in [3.8, 4) is 16.9 Å². The molecule has 0 unspecified atom stereocenters. The Hall–Kier alpha value is -4.66. The van der Waals surface area contributed by atoms with E-state index < -0.39 is 0 Å². The normalized spacial score (nSPS) is 15.4. The summed E-state index contributed by atoms with van der Waals surface area (Å²) in [5.74, 6) is 1.27. The largest absolute Gasteiger partial charge is 0.507 e. The molecule has 4 aromatic rings. The Morgan fingerprint density at radius 2 is 1.22 bits per heavy atom. The number of phenols is 1. The first-order valence-corrected chi connectivity index (χ1v) is 14.5. The highest BCUT2D eigenvalue weighted by atomic mass is 16.3. The van der Waals surface area contributed by atoms with E-state index in [2.05, 4.69) is 20.4 Å². The Kier molecular flexibility index (Phi) is 7.93. The molecule has 1 amide bonds. The number of nitrogens with one attached hydrogen (secondary N) is 2. The SMILES string of the molecule is O=C(Nc1ccc(-c2ccccc2)cc1)c1ccc(Nc2nc(N3CCCCC3)nc(N3CCCCC3)n2)cc1O. The van der Waals surface area contributed by atoms with Gasteiger partial charge in [0.1, 0.15) is 5.75 Å². The van der Waals surface area contributed by atoms with Gasteiger partial charge in [0.2, 0.25) is 17.8 Å². The molecule has 9 nitrogen and oxygen atoms in total. The van der Waals surface area contributed by atoms with Gasteiger partial charge in [0.25, 0.3) is 5.91 Å². The summed E-state index contributed by atoms with van der Waals surface area (Å²) in [5.41, 5.74) is 3.59. The van der Waals surface area contributed by atoms with Crippen LogP contribution in [0.25, 0.3) is 11.1 Å². The molecule has 3 heterocycles. The molecule has 3 N–H and O–H groups in total. The van der Waals surface area contributed by atoms with Crippen molar-refractivity contribution in [1.82, 2.24) is 15.0 Å². The minimum absolute atomic E-state index is 0.130. The fourth-order valence-electron chi connectivity index (χ4n) is 5.39. The fourth-order valence-corrected chi connectivity index (χ4v) is 5.39. The second-order valence-electron chi connectivity index (χ2n) is 10.6. The summed E-state index contributed by atoms with van der Waals surface area (Å²) in [7, 11) is 0. The van der Waals surface area contributed by atoms with Crippen LogP contribution in [0.2, 0.25) is 0 Å². The van der Waals surface area contributed by atoms with Crippen LogP contribution in [0, 0.1) is 0 Å². The van der Waals surface area contributed by atoms with Crippen LogP contribution in [0.15, 0.2) is 72.8 Å². The van der Waals surface area contributed by atoms with E-state index in [-0.39, 0.29) is 17.2 Å². The average Bonchev–Trinajstić information content (AvgIpc) is 3.02. The van der Waals surface area contributed by atoms with Crippen molar-refractivity contribution >= 4 is 35.1 Å². The molecule has 3 aromatic carbocycles. The van der Waals surface area contributed by atoms with E-state index in [1.807, 2.05) is 54.6 Å². The van der Waals surface area contributed by atoms with Gasteiger partial charge in [-0.25, -0.2) is 0 Å². The van der Waals surface area contributed by atoms with E-state index in [9.17, 15) is 9.90 Å². The van der Waals surface area contributed by atoms with Crippen LogP contribution in [0.3, 0.4) is 0 Å². The van der Waals surface area contributed by atoms with Crippen molar-refractivity contribution in [3.05, 3.63) is 78.4 Å². The van der Waals surface area contributed by atoms with Crippen LogP contribution < -0.4 is 20.4 Å². The highest BCUT2D eigenvalue weighted by molar-refractivity contribution is 6.06.